The highest BCUT2D eigenvalue weighted by Crippen LogP contribution is 2.46. The van der Waals surface area contributed by atoms with E-state index in [0.717, 1.165) is 29.6 Å². The van der Waals surface area contributed by atoms with E-state index in [0.29, 0.717) is 5.76 Å². The Bertz CT molecular complexity index is 811. The van der Waals surface area contributed by atoms with Crippen LogP contribution in [0, 0.1) is 5.92 Å². The summed E-state index contributed by atoms with van der Waals surface area (Å²) in [4.78, 5) is 0. The summed E-state index contributed by atoms with van der Waals surface area (Å²) in [7, 11) is -4.18. The second-order valence-corrected chi connectivity index (χ2v) is 8.71. The summed E-state index contributed by atoms with van der Waals surface area (Å²) < 4.78 is 30.9. The van der Waals surface area contributed by atoms with Gasteiger partial charge in [0.25, 0.3) is 0 Å². The molecule has 1 fully saturated rings. The Kier molecular flexibility index (Phi) is 3.39. The number of allylic oxidation sites excluding steroid dienone is 1. The highest BCUT2D eigenvalue weighted by atomic mass is 32.2. The van der Waals surface area contributed by atoms with E-state index in [-0.39, 0.29) is 12.0 Å². The Morgan fingerprint density at radius 1 is 1.42 bits per heavy atom. The smallest absolute Gasteiger partial charge is 0.531 e. The van der Waals surface area contributed by atoms with E-state index in [2.05, 4.69) is 15.4 Å². The minimum atomic E-state index is -3.19. The zero-order chi connectivity index (χ0) is 17.1. The fraction of sp³-hybridized carbons (Fsp3) is 0.467. The molecule has 4 aliphatic rings. The molecule has 128 valence electrons. The highest BCUT2D eigenvalue weighted by Gasteiger charge is 2.44. The van der Waals surface area contributed by atoms with Crippen molar-refractivity contribution in [2.24, 2.45) is 5.92 Å². The third-order valence-corrected chi connectivity index (χ3v) is 5.75. The summed E-state index contributed by atoms with van der Waals surface area (Å²) in [5, 5.41) is 16.6. The quantitative estimate of drug-likeness (QED) is 0.530. The normalized spacial score (nSPS) is 34.2. The van der Waals surface area contributed by atoms with Crippen LogP contribution in [0.25, 0.3) is 0 Å². The van der Waals surface area contributed by atoms with E-state index < -0.39 is 22.8 Å². The Morgan fingerprint density at radius 2 is 2.17 bits per heavy atom. The number of dihydropyridines is 1. The SMILES string of the molecule is CC12NC=CC1=C1C(=CN2)OB(O)C=C1C1CC(NS(C)(=O)=O)C1. The van der Waals surface area contributed by atoms with Gasteiger partial charge in [-0.1, -0.05) is 0 Å². The topological polar surface area (TPSA) is 99.7 Å². The summed E-state index contributed by atoms with van der Waals surface area (Å²) in [5.74, 6) is 2.56. The minimum Gasteiger partial charge on any atom is -0.531 e. The van der Waals surface area contributed by atoms with E-state index in [1.807, 2.05) is 19.2 Å². The van der Waals surface area contributed by atoms with E-state index in [1.165, 1.54) is 6.26 Å². The van der Waals surface area contributed by atoms with Gasteiger partial charge in [0.2, 0.25) is 10.0 Å². The lowest BCUT2D eigenvalue weighted by molar-refractivity contribution is 0.276. The van der Waals surface area contributed by atoms with Crippen molar-refractivity contribution in [3.63, 3.8) is 0 Å². The predicted molar refractivity (Wildman–Crippen MR) is 90.6 cm³/mol. The fourth-order valence-electron chi connectivity index (χ4n) is 3.81. The Balaban J connectivity index is 1.64. The van der Waals surface area contributed by atoms with Gasteiger partial charge < -0.3 is 20.3 Å². The van der Waals surface area contributed by atoms with Crippen molar-refractivity contribution in [3.8, 4) is 0 Å². The number of fused-ring (bicyclic) bond motifs is 2. The number of hydrogen-bond donors (Lipinski definition) is 4. The van der Waals surface area contributed by atoms with Gasteiger partial charge in [0.1, 0.15) is 11.4 Å². The molecule has 3 aliphatic heterocycles. The molecular formula is C15H20BN3O4S. The lowest BCUT2D eigenvalue weighted by atomic mass is 9.66. The molecule has 0 radical (unpaired) electrons. The summed E-state index contributed by atoms with van der Waals surface area (Å²) in [6.45, 7) is 2.04. The largest absolute Gasteiger partial charge is 0.552 e. The van der Waals surface area contributed by atoms with Gasteiger partial charge in [0.15, 0.2) is 0 Å². The molecule has 1 atom stereocenters. The maximum Gasteiger partial charge on any atom is 0.552 e. The van der Waals surface area contributed by atoms with Crippen LogP contribution in [0.1, 0.15) is 19.8 Å². The van der Waals surface area contributed by atoms with Crippen LogP contribution < -0.4 is 15.4 Å². The van der Waals surface area contributed by atoms with Gasteiger partial charge in [-0.2, -0.15) is 0 Å². The summed E-state index contributed by atoms with van der Waals surface area (Å²) in [6, 6.07) is -0.0470. The molecule has 4 rings (SSSR count). The molecule has 1 aliphatic carbocycles. The van der Waals surface area contributed by atoms with E-state index in [9.17, 15) is 13.4 Å². The Labute approximate surface area is 141 Å². The third-order valence-electron chi connectivity index (χ3n) is 4.99. The molecule has 0 aromatic heterocycles. The summed E-state index contributed by atoms with van der Waals surface area (Å²) in [6.07, 6.45) is 8.29. The van der Waals surface area contributed by atoms with E-state index in [1.54, 1.807) is 12.2 Å². The van der Waals surface area contributed by atoms with Gasteiger partial charge in [-0.3, -0.25) is 0 Å². The molecule has 3 heterocycles. The maximum absolute atomic E-state index is 11.4. The highest BCUT2D eigenvalue weighted by molar-refractivity contribution is 7.88. The predicted octanol–water partition coefficient (Wildman–Crippen LogP) is -0.135. The zero-order valence-electron chi connectivity index (χ0n) is 13.5. The number of nitrogens with one attached hydrogen (secondary N) is 3. The van der Waals surface area contributed by atoms with Crippen LogP contribution in [0.3, 0.4) is 0 Å². The zero-order valence-corrected chi connectivity index (χ0v) is 14.4. The van der Waals surface area contributed by atoms with Crippen LogP contribution in [-0.2, 0) is 14.7 Å². The van der Waals surface area contributed by atoms with Crippen molar-refractivity contribution in [1.29, 1.82) is 0 Å². The fourth-order valence-corrected chi connectivity index (χ4v) is 4.60. The minimum absolute atomic E-state index is 0.0470. The molecule has 0 spiro atoms. The molecule has 7 nitrogen and oxygen atoms in total. The second kappa shape index (κ2) is 5.14. The van der Waals surface area contributed by atoms with Gasteiger partial charge in [0.05, 0.1) is 6.26 Å². The average molecular weight is 349 g/mol. The van der Waals surface area contributed by atoms with Gasteiger partial charge in [-0.05, 0) is 49.5 Å². The molecule has 0 amide bonds. The lowest BCUT2D eigenvalue weighted by Gasteiger charge is -2.43. The molecule has 9 heteroatoms. The maximum atomic E-state index is 11.4. The molecule has 0 bridgehead atoms. The van der Waals surface area contributed by atoms with E-state index in [4.69, 9.17) is 4.65 Å². The molecule has 0 saturated heterocycles. The van der Waals surface area contributed by atoms with Crippen LogP contribution in [0.5, 0.6) is 0 Å². The first-order valence-electron chi connectivity index (χ1n) is 7.96. The molecule has 0 aromatic rings. The van der Waals surface area contributed by atoms with Crippen molar-refractivity contribution in [2.45, 2.75) is 31.5 Å². The van der Waals surface area contributed by atoms with Crippen molar-refractivity contribution >= 4 is 17.1 Å². The summed E-state index contributed by atoms with van der Waals surface area (Å²) in [5.41, 5.74) is 2.70. The first-order chi connectivity index (χ1) is 11.3. The van der Waals surface area contributed by atoms with E-state index >= 15 is 0 Å². The van der Waals surface area contributed by atoms with Crippen molar-refractivity contribution in [3.05, 3.63) is 46.9 Å². The van der Waals surface area contributed by atoms with Crippen molar-refractivity contribution in [1.82, 2.24) is 15.4 Å². The number of hydrogen-bond acceptors (Lipinski definition) is 6. The standard InChI is InChI=1S/C15H20BN3O4S/c1-15-12(3-4-17-15)14-11(7-16(20)23-13(14)8-18-15)9-5-10(6-9)19-24(2,21)22/h3-4,7-10,17-20H,5-6H2,1-2H3. The number of sulfonamides is 1. The van der Waals surface area contributed by atoms with Crippen LogP contribution in [0.2, 0.25) is 0 Å². The van der Waals surface area contributed by atoms with Crippen LogP contribution in [0.4, 0.5) is 0 Å². The van der Waals surface area contributed by atoms with Crippen LogP contribution in [0.15, 0.2) is 46.9 Å². The third kappa shape index (κ3) is 2.56. The van der Waals surface area contributed by atoms with Gasteiger partial charge >= 0.3 is 7.12 Å². The molecule has 4 N–H and O–H groups in total. The Morgan fingerprint density at radius 3 is 2.88 bits per heavy atom. The van der Waals surface area contributed by atoms with Crippen LogP contribution >= 0.6 is 0 Å². The molecule has 1 unspecified atom stereocenters. The molecule has 1 saturated carbocycles. The van der Waals surface area contributed by atoms with Gasteiger partial charge in [0, 0.05) is 23.4 Å². The molecule has 24 heavy (non-hydrogen) atoms. The average Bonchev–Trinajstić information content (AvgIpc) is 2.82. The number of rotatable bonds is 3. The van der Waals surface area contributed by atoms with Crippen molar-refractivity contribution < 1.29 is 18.1 Å². The van der Waals surface area contributed by atoms with Crippen molar-refractivity contribution in [2.75, 3.05) is 6.26 Å². The molecule has 0 aromatic carbocycles. The summed E-state index contributed by atoms with van der Waals surface area (Å²) >= 11 is 0. The first-order valence-corrected chi connectivity index (χ1v) is 9.86. The molecular weight excluding hydrogens is 329 g/mol. The lowest BCUT2D eigenvalue weighted by Crippen LogP contribution is -2.52. The van der Waals surface area contributed by atoms with Gasteiger partial charge in [-0.15, -0.1) is 0 Å². The monoisotopic (exact) mass is 349 g/mol. The first kappa shape index (κ1) is 15.8. The van der Waals surface area contributed by atoms with Gasteiger partial charge in [-0.25, -0.2) is 13.1 Å². The second-order valence-electron chi connectivity index (χ2n) is 6.93. The Hall–Kier alpha value is -1.71. The van der Waals surface area contributed by atoms with Crippen LogP contribution in [-0.4, -0.2) is 38.5 Å².